The van der Waals surface area contributed by atoms with Crippen LogP contribution in [0.5, 0.6) is 0 Å². The summed E-state index contributed by atoms with van der Waals surface area (Å²) in [6.07, 6.45) is 0. The fraction of sp³-hybridized carbons (Fsp3) is 0.722. The number of nitrogens with one attached hydrogen (secondary N) is 2. The number of thiophene rings is 1. The Bertz CT molecular complexity index is 533. The summed E-state index contributed by atoms with van der Waals surface area (Å²) in [7, 11) is 0. The Hall–Kier alpha value is -1.15. The molecule has 1 aliphatic heterocycles. The molecule has 25 heavy (non-hydrogen) atoms. The maximum atomic E-state index is 10.6. The minimum Gasteiger partial charge on any atom is -0.383 e. The summed E-state index contributed by atoms with van der Waals surface area (Å²) in [5, 5.41) is 21.2. The lowest BCUT2D eigenvalue weighted by atomic mass is 10.00. The van der Waals surface area contributed by atoms with E-state index >= 15 is 0 Å². The molecule has 6 nitrogen and oxygen atoms in total. The first-order chi connectivity index (χ1) is 11.9. The highest BCUT2D eigenvalue weighted by Gasteiger charge is 2.25. The van der Waals surface area contributed by atoms with Crippen LogP contribution in [0.15, 0.2) is 21.8 Å². The number of ether oxygens (including phenoxy) is 1. The smallest absolute Gasteiger partial charge is 0.191 e. The van der Waals surface area contributed by atoms with Crippen LogP contribution in [-0.4, -0.2) is 67.4 Å². The lowest BCUT2D eigenvalue weighted by molar-refractivity contribution is -0.0174. The molecule has 0 amide bonds. The molecule has 7 heteroatoms. The number of nitrogens with zero attached hydrogens (tertiary/aromatic N) is 2. The fourth-order valence-electron chi connectivity index (χ4n) is 2.99. The molecule has 2 rings (SSSR count). The average molecular weight is 369 g/mol. The van der Waals surface area contributed by atoms with Crippen molar-refractivity contribution in [3.05, 3.63) is 22.4 Å². The zero-order valence-electron chi connectivity index (χ0n) is 15.8. The quantitative estimate of drug-likeness (QED) is 0.504. The molecule has 3 unspecified atom stereocenters. The standard InChI is InChI=1S/C18H32N4O2S/c1-5-19-17(21-13-18(4,23)16-6-9-25-12-16)20-10-14(2)22-7-8-24-11-15(22)3/h6,9,12,14-15,23H,5,7-8,10-11,13H2,1-4H3,(H2,19,20,21). The van der Waals surface area contributed by atoms with E-state index in [0.717, 1.165) is 44.4 Å². The van der Waals surface area contributed by atoms with Crippen LogP contribution in [0.3, 0.4) is 0 Å². The number of aliphatic imine (C=N–C) groups is 1. The molecular weight excluding hydrogens is 336 g/mol. The average Bonchev–Trinajstić information content (AvgIpc) is 3.13. The van der Waals surface area contributed by atoms with Gasteiger partial charge in [0, 0.05) is 31.7 Å². The third kappa shape index (κ3) is 5.95. The van der Waals surface area contributed by atoms with Crippen molar-refractivity contribution in [1.29, 1.82) is 0 Å². The summed E-state index contributed by atoms with van der Waals surface area (Å²) in [4.78, 5) is 7.04. The van der Waals surface area contributed by atoms with E-state index in [9.17, 15) is 5.11 Å². The predicted molar refractivity (Wildman–Crippen MR) is 104 cm³/mol. The summed E-state index contributed by atoms with van der Waals surface area (Å²) >= 11 is 1.59. The summed E-state index contributed by atoms with van der Waals surface area (Å²) < 4.78 is 5.51. The minimum absolute atomic E-state index is 0.321. The van der Waals surface area contributed by atoms with Gasteiger partial charge in [0.15, 0.2) is 5.96 Å². The normalized spacial score (nSPS) is 23.1. The van der Waals surface area contributed by atoms with Gasteiger partial charge in [0.05, 0.1) is 19.8 Å². The van der Waals surface area contributed by atoms with E-state index in [0.29, 0.717) is 18.6 Å². The molecule has 3 atom stereocenters. The van der Waals surface area contributed by atoms with Crippen LogP contribution in [0.4, 0.5) is 0 Å². The summed E-state index contributed by atoms with van der Waals surface area (Å²) in [6, 6.07) is 2.77. The molecule has 1 aromatic heterocycles. The Morgan fingerprint density at radius 1 is 1.56 bits per heavy atom. The second kappa shape index (κ2) is 9.52. The lowest BCUT2D eigenvalue weighted by Crippen LogP contribution is -2.53. The van der Waals surface area contributed by atoms with Gasteiger partial charge in [-0.1, -0.05) is 0 Å². The lowest BCUT2D eigenvalue weighted by Gasteiger charge is -2.38. The number of rotatable bonds is 7. The van der Waals surface area contributed by atoms with Crippen molar-refractivity contribution in [1.82, 2.24) is 15.5 Å². The molecule has 0 aliphatic carbocycles. The van der Waals surface area contributed by atoms with Crippen LogP contribution in [0, 0.1) is 0 Å². The monoisotopic (exact) mass is 368 g/mol. The van der Waals surface area contributed by atoms with E-state index in [1.165, 1.54) is 0 Å². The van der Waals surface area contributed by atoms with Gasteiger partial charge in [-0.3, -0.25) is 4.90 Å². The summed E-state index contributed by atoms with van der Waals surface area (Å²) in [5.74, 6) is 0.741. The SMILES string of the molecule is CCNC(=NCC(C)(O)c1ccsc1)NCC(C)N1CCOCC1C. The van der Waals surface area contributed by atoms with E-state index in [2.05, 4.69) is 34.4 Å². The van der Waals surface area contributed by atoms with Gasteiger partial charge in [-0.05, 0) is 50.1 Å². The van der Waals surface area contributed by atoms with Crippen molar-refractivity contribution in [2.75, 3.05) is 39.4 Å². The first-order valence-corrected chi connectivity index (χ1v) is 9.99. The Labute approximate surface area is 155 Å². The van der Waals surface area contributed by atoms with E-state index < -0.39 is 5.60 Å². The number of aliphatic hydroxyl groups is 1. The Morgan fingerprint density at radius 3 is 3.00 bits per heavy atom. The van der Waals surface area contributed by atoms with Gasteiger partial charge >= 0.3 is 0 Å². The van der Waals surface area contributed by atoms with E-state index in [-0.39, 0.29) is 0 Å². The van der Waals surface area contributed by atoms with Gasteiger partial charge in [-0.25, -0.2) is 4.99 Å². The topological polar surface area (TPSA) is 69.1 Å². The van der Waals surface area contributed by atoms with Crippen molar-refractivity contribution in [3.63, 3.8) is 0 Å². The second-order valence-corrected chi connectivity index (χ2v) is 7.65. The van der Waals surface area contributed by atoms with Crippen molar-refractivity contribution in [2.45, 2.75) is 45.4 Å². The summed E-state index contributed by atoms with van der Waals surface area (Å²) in [6.45, 7) is 12.7. The first-order valence-electron chi connectivity index (χ1n) is 9.04. The fourth-order valence-corrected chi connectivity index (χ4v) is 3.78. The molecule has 0 spiro atoms. The van der Waals surface area contributed by atoms with Gasteiger partial charge in [-0.2, -0.15) is 11.3 Å². The number of guanidine groups is 1. The van der Waals surface area contributed by atoms with Crippen molar-refractivity contribution < 1.29 is 9.84 Å². The largest absolute Gasteiger partial charge is 0.383 e. The van der Waals surface area contributed by atoms with Crippen LogP contribution in [0.2, 0.25) is 0 Å². The molecule has 0 bridgehead atoms. The molecule has 1 saturated heterocycles. The van der Waals surface area contributed by atoms with Gasteiger partial charge in [-0.15, -0.1) is 0 Å². The molecule has 3 N–H and O–H groups in total. The number of hydrogen-bond donors (Lipinski definition) is 3. The van der Waals surface area contributed by atoms with Crippen LogP contribution in [0.25, 0.3) is 0 Å². The molecule has 0 saturated carbocycles. The maximum absolute atomic E-state index is 10.6. The second-order valence-electron chi connectivity index (χ2n) is 6.87. The van der Waals surface area contributed by atoms with E-state index in [1.54, 1.807) is 18.3 Å². The van der Waals surface area contributed by atoms with Crippen LogP contribution >= 0.6 is 11.3 Å². The van der Waals surface area contributed by atoms with Crippen LogP contribution < -0.4 is 10.6 Å². The van der Waals surface area contributed by atoms with Gasteiger partial charge in [0.1, 0.15) is 5.60 Å². The number of hydrogen-bond acceptors (Lipinski definition) is 5. The highest BCUT2D eigenvalue weighted by atomic mass is 32.1. The van der Waals surface area contributed by atoms with E-state index in [1.807, 2.05) is 23.8 Å². The van der Waals surface area contributed by atoms with Gasteiger partial charge in [0.25, 0.3) is 0 Å². The molecule has 1 aliphatic rings. The zero-order valence-corrected chi connectivity index (χ0v) is 16.6. The van der Waals surface area contributed by atoms with Crippen molar-refractivity contribution >= 4 is 17.3 Å². The highest BCUT2D eigenvalue weighted by Crippen LogP contribution is 2.23. The third-order valence-electron chi connectivity index (χ3n) is 4.58. The van der Waals surface area contributed by atoms with Crippen LogP contribution in [0.1, 0.15) is 33.3 Å². The molecule has 1 fully saturated rings. The molecular formula is C18H32N4O2S. The molecule has 0 aromatic carbocycles. The highest BCUT2D eigenvalue weighted by molar-refractivity contribution is 7.08. The van der Waals surface area contributed by atoms with Crippen molar-refractivity contribution in [2.24, 2.45) is 4.99 Å². The molecule has 0 radical (unpaired) electrons. The third-order valence-corrected chi connectivity index (χ3v) is 5.27. The maximum Gasteiger partial charge on any atom is 0.191 e. The first kappa shape index (κ1) is 20.2. The Kier molecular flexibility index (Phi) is 7.68. The zero-order chi connectivity index (χ0) is 18.3. The number of morpholine rings is 1. The van der Waals surface area contributed by atoms with Gasteiger partial charge in [0.2, 0.25) is 0 Å². The summed E-state index contributed by atoms with van der Waals surface area (Å²) in [5.41, 5.74) is -0.0419. The Balaban J connectivity index is 1.91. The Morgan fingerprint density at radius 2 is 2.36 bits per heavy atom. The predicted octanol–water partition coefficient (Wildman–Crippen LogP) is 1.62. The molecule has 2 heterocycles. The molecule has 1 aromatic rings. The van der Waals surface area contributed by atoms with Crippen LogP contribution in [-0.2, 0) is 10.3 Å². The van der Waals surface area contributed by atoms with Gasteiger partial charge < -0.3 is 20.5 Å². The van der Waals surface area contributed by atoms with E-state index in [4.69, 9.17) is 4.74 Å². The molecule has 142 valence electrons. The van der Waals surface area contributed by atoms with Crippen molar-refractivity contribution in [3.8, 4) is 0 Å². The minimum atomic E-state index is -0.952.